The Balaban J connectivity index is 0. The molecule has 130 valence electrons. The lowest BCUT2D eigenvalue weighted by Crippen LogP contribution is -1.97. The van der Waals surface area contributed by atoms with Crippen LogP contribution in [-0.4, -0.2) is 36.6 Å². The van der Waals surface area contributed by atoms with Gasteiger partial charge in [-0.2, -0.15) is 0 Å². The van der Waals surface area contributed by atoms with Crippen LogP contribution in [0.1, 0.15) is 90.9 Å². The van der Waals surface area contributed by atoms with Gasteiger partial charge >= 0.3 is 0 Å². The van der Waals surface area contributed by atoms with E-state index < -0.39 is 0 Å². The average molecular weight is 305 g/mol. The van der Waals surface area contributed by atoms with E-state index in [0.717, 1.165) is 13.2 Å². The molecule has 0 aromatic rings. The second-order valence-electron chi connectivity index (χ2n) is 5.60. The summed E-state index contributed by atoms with van der Waals surface area (Å²) in [6.45, 7) is 6.25. The molecule has 0 amide bonds. The quantitative estimate of drug-likeness (QED) is 0.431. The number of aliphatic hydroxyl groups excluding tert-OH is 2. The molecule has 3 heteroatoms. The number of aliphatic hydroxyl groups is 2. The summed E-state index contributed by atoms with van der Waals surface area (Å²) in [5, 5.41) is 15.2. The molecule has 0 aromatic heterocycles. The molecule has 0 fully saturated rings. The van der Waals surface area contributed by atoms with Crippen LogP contribution in [0.25, 0.3) is 0 Å². The number of unbranched alkanes of at least 4 members (excludes halogenated alkanes) is 10. The monoisotopic (exact) mass is 304 g/mol. The summed E-state index contributed by atoms with van der Waals surface area (Å²) in [6, 6.07) is 0. The summed E-state index contributed by atoms with van der Waals surface area (Å²) >= 11 is 0. The summed E-state index contributed by atoms with van der Waals surface area (Å²) in [7, 11) is 0. The molecule has 0 saturated heterocycles. The third-order valence-electron chi connectivity index (χ3n) is 3.38. The fourth-order valence-corrected chi connectivity index (χ4v) is 2.07. The summed E-state index contributed by atoms with van der Waals surface area (Å²) in [5.74, 6) is 0. The van der Waals surface area contributed by atoms with Crippen LogP contribution in [0.3, 0.4) is 0 Å². The zero-order chi connectivity index (χ0) is 16.0. The van der Waals surface area contributed by atoms with Gasteiger partial charge in [-0.15, -0.1) is 0 Å². The Kier molecular flexibility index (Phi) is 27.4. The van der Waals surface area contributed by atoms with Crippen LogP contribution in [-0.2, 0) is 4.74 Å². The van der Waals surface area contributed by atoms with E-state index in [1.165, 1.54) is 77.0 Å². The Bertz CT molecular complexity index is 135. The SMILES string of the molecule is CCCCCCCCCCOCCCCCC.OCCO. The number of hydrogen-bond acceptors (Lipinski definition) is 3. The molecule has 0 spiro atoms. The second-order valence-corrected chi connectivity index (χ2v) is 5.60. The van der Waals surface area contributed by atoms with Gasteiger partial charge in [0.1, 0.15) is 0 Å². The van der Waals surface area contributed by atoms with E-state index in [0.29, 0.717) is 0 Å². The molecule has 0 aromatic carbocycles. The van der Waals surface area contributed by atoms with E-state index in [1.807, 2.05) is 0 Å². The maximum absolute atomic E-state index is 7.62. The molecule has 3 nitrogen and oxygen atoms in total. The molecule has 21 heavy (non-hydrogen) atoms. The van der Waals surface area contributed by atoms with Crippen molar-refractivity contribution in [3.63, 3.8) is 0 Å². The van der Waals surface area contributed by atoms with E-state index >= 15 is 0 Å². The number of hydrogen-bond donors (Lipinski definition) is 2. The van der Waals surface area contributed by atoms with Crippen molar-refractivity contribution in [3.05, 3.63) is 0 Å². The Morgan fingerprint density at radius 1 is 0.524 bits per heavy atom. The highest BCUT2D eigenvalue weighted by molar-refractivity contribution is 4.46. The third kappa shape index (κ3) is 28.7. The molecular weight excluding hydrogens is 264 g/mol. The summed E-state index contributed by atoms with van der Waals surface area (Å²) in [5.41, 5.74) is 0. The van der Waals surface area contributed by atoms with E-state index in [2.05, 4.69) is 13.8 Å². The Morgan fingerprint density at radius 3 is 1.24 bits per heavy atom. The molecule has 0 radical (unpaired) electrons. The predicted octanol–water partition coefficient (Wildman–Crippen LogP) is 4.70. The largest absolute Gasteiger partial charge is 0.394 e. The van der Waals surface area contributed by atoms with Crippen molar-refractivity contribution in [2.75, 3.05) is 26.4 Å². The van der Waals surface area contributed by atoms with Crippen LogP contribution >= 0.6 is 0 Å². The van der Waals surface area contributed by atoms with Crippen LogP contribution in [0.15, 0.2) is 0 Å². The molecule has 0 aliphatic carbocycles. The van der Waals surface area contributed by atoms with Gasteiger partial charge in [-0.3, -0.25) is 0 Å². The van der Waals surface area contributed by atoms with Gasteiger partial charge in [0, 0.05) is 13.2 Å². The first-order chi connectivity index (χ1) is 10.3. The van der Waals surface area contributed by atoms with Crippen LogP contribution in [0, 0.1) is 0 Å². The molecule has 0 aliphatic heterocycles. The topological polar surface area (TPSA) is 49.7 Å². The molecule has 0 heterocycles. The van der Waals surface area contributed by atoms with Crippen LogP contribution in [0.5, 0.6) is 0 Å². The zero-order valence-electron chi connectivity index (χ0n) is 14.6. The maximum atomic E-state index is 7.62. The molecule has 0 atom stereocenters. The van der Waals surface area contributed by atoms with Gasteiger partial charge in [-0.1, -0.05) is 78.1 Å². The van der Waals surface area contributed by atoms with Crippen molar-refractivity contribution >= 4 is 0 Å². The highest BCUT2D eigenvalue weighted by Gasteiger charge is 1.92. The average Bonchev–Trinajstić information content (AvgIpc) is 2.52. The van der Waals surface area contributed by atoms with E-state index in [-0.39, 0.29) is 13.2 Å². The minimum Gasteiger partial charge on any atom is -0.394 e. The molecule has 2 N–H and O–H groups in total. The first kappa shape index (κ1) is 23.2. The van der Waals surface area contributed by atoms with Gasteiger partial charge in [-0.05, 0) is 12.8 Å². The van der Waals surface area contributed by atoms with Crippen LogP contribution in [0.4, 0.5) is 0 Å². The van der Waals surface area contributed by atoms with Crippen molar-refractivity contribution in [2.24, 2.45) is 0 Å². The lowest BCUT2D eigenvalue weighted by atomic mass is 10.1. The minimum atomic E-state index is -0.125. The molecule has 0 rings (SSSR count). The van der Waals surface area contributed by atoms with Crippen molar-refractivity contribution in [1.29, 1.82) is 0 Å². The normalized spacial score (nSPS) is 10.3. The molecular formula is C18H40O3. The van der Waals surface area contributed by atoms with E-state index in [1.54, 1.807) is 0 Å². The second kappa shape index (κ2) is 24.9. The standard InChI is InChI=1S/C16H34O.C2H6O2/c1-3-5-7-9-10-11-12-14-16-17-15-13-8-6-4-2;3-1-2-4/h3-16H2,1-2H3;3-4H,1-2H2. The summed E-state index contributed by atoms with van der Waals surface area (Å²) in [4.78, 5) is 0. The highest BCUT2D eigenvalue weighted by Crippen LogP contribution is 2.08. The number of rotatable bonds is 15. The van der Waals surface area contributed by atoms with Crippen molar-refractivity contribution < 1.29 is 14.9 Å². The van der Waals surface area contributed by atoms with Gasteiger partial charge in [-0.25, -0.2) is 0 Å². The molecule has 0 saturated carbocycles. The third-order valence-corrected chi connectivity index (χ3v) is 3.38. The highest BCUT2D eigenvalue weighted by atomic mass is 16.5. The zero-order valence-corrected chi connectivity index (χ0v) is 14.6. The van der Waals surface area contributed by atoms with Crippen molar-refractivity contribution in [3.8, 4) is 0 Å². The van der Waals surface area contributed by atoms with E-state index in [4.69, 9.17) is 14.9 Å². The Morgan fingerprint density at radius 2 is 0.857 bits per heavy atom. The fourth-order valence-electron chi connectivity index (χ4n) is 2.07. The lowest BCUT2D eigenvalue weighted by Gasteiger charge is -2.04. The summed E-state index contributed by atoms with van der Waals surface area (Å²) in [6.07, 6.45) is 16.4. The lowest BCUT2D eigenvalue weighted by molar-refractivity contribution is 0.125. The Labute approximate surface area is 133 Å². The molecule has 0 unspecified atom stereocenters. The smallest absolute Gasteiger partial charge is 0.0662 e. The predicted molar refractivity (Wildman–Crippen MR) is 91.7 cm³/mol. The maximum Gasteiger partial charge on any atom is 0.0662 e. The number of ether oxygens (including phenoxy) is 1. The van der Waals surface area contributed by atoms with Crippen LogP contribution < -0.4 is 0 Å². The Hall–Kier alpha value is -0.120. The summed E-state index contributed by atoms with van der Waals surface area (Å²) < 4.78 is 5.63. The van der Waals surface area contributed by atoms with Gasteiger partial charge in [0.25, 0.3) is 0 Å². The van der Waals surface area contributed by atoms with Gasteiger partial charge in [0.2, 0.25) is 0 Å². The van der Waals surface area contributed by atoms with Crippen molar-refractivity contribution in [2.45, 2.75) is 90.9 Å². The van der Waals surface area contributed by atoms with E-state index in [9.17, 15) is 0 Å². The molecule has 0 aliphatic rings. The minimum absolute atomic E-state index is 0.125. The van der Waals surface area contributed by atoms with Crippen molar-refractivity contribution in [1.82, 2.24) is 0 Å². The fraction of sp³-hybridized carbons (Fsp3) is 1.00. The molecule has 0 bridgehead atoms. The van der Waals surface area contributed by atoms with Gasteiger partial charge in [0.05, 0.1) is 13.2 Å². The van der Waals surface area contributed by atoms with Crippen LogP contribution in [0.2, 0.25) is 0 Å². The first-order valence-corrected chi connectivity index (χ1v) is 9.12. The first-order valence-electron chi connectivity index (χ1n) is 9.12. The van der Waals surface area contributed by atoms with Gasteiger partial charge < -0.3 is 14.9 Å². The van der Waals surface area contributed by atoms with Gasteiger partial charge in [0.15, 0.2) is 0 Å².